The van der Waals surface area contributed by atoms with E-state index in [4.69, 9.17) is 4.74 Å². The van der Waals surface area contributed by atoms with Crippen LogP contribution in [0.4, 0.5) is 10.5 Å². The first-order valence-corrected chi connectivity index (χ1v) is 11.7. The zero-order valence-corrected chi connectivity index (χ0v) is 19.9. The molecule has 2 amide bonds. The lowest BCUT2D eigenvalue weighted by Gasteiger charge is -2.23. The van der Waals surface area contributed by atoms with Gasteiger partial charge in [0.2, 0.25) is 0 Å². The molecule has 0 fully saturated rings. The van der Waals surface area contributed by atoms with E-state index < -0.39 is 0 Å². The van der Waals surface area contributed by atoms with Crippen molar-refractivity contribution in [3.8, 4) is 10.6 Å². The predicted octanol–water partition coefficient (Wildman–Crippen LogP) is 6.35. The van der Waals surface area contributed by atoms with Crippen LogP contribution in [-0.2, 0) is 18.3 Å². The van der Waals surface area contributed by atoms with Crippen molar-refractivity contribution in [2.75, 3.05) is 25.6 Å². The number of para-hydroxylation sites is 1. The number of carbonyl (C=O) groups excluding carboxylic acids is 1. The summed E-state index contributed by atoms with van der Waals surface area (Å²) in [5.74, 6) is 0. The third-order valence-electron chi connectivity index (χ3n) is 5.26. The van der Waals surface area contributed by atoms with Gasteiger partial charge in [-0.25, -0.2) is 4.79 Å². The van der Waals surface area contributed by atoms with Crippen LogP contribution in [0.3, 0.4) is 0 Å². The van der Waals surface area contributed by atoms with E-state index in [9.17, 15) is 4.79 Å². The molecule has 0 aliphatic rings. The Balaban J connectivity index is 1.70. The topological polar surface area (TPSA) is 46.5 Å². The van der Waals surface area contributed by atoms with E-state index >= 15 is 0 Å². The number of aryl methyl sites for hydroxylation is 1. The monoisotopic (exact) mass is 497 g/mol. The van der Waals surface area contributed by atoms with E-state index in [-0.39, 0.29) is 6.03 Å². The molecule has 2 aromatic heterocycles. The third-order valence-corrected chi connectivity index (χ3v) is 6.67. The number of benzene rings is 2. The van der Waals surface area contributed by atoms with E-state index in [2.05, 4.69) is 62.5 Å². The fraction of sp³-hybridized carbons (Fsp3) is 0.208. The van der Waals surface area contributed by atoms with E-state index in [0.29, 0.717) is 19.7 Å². The van der Waals surface area contributed by atoms with Crippen molar-refractivity contribution in [3.63, 3.8) is 0 Å². The number of fused-ring (bicyclic) bond motifs is 1. The maximum atomic E-state index is 13.2. The van der Waals surface area contributed by atoms with Gasteiger partial charge in [0.25, 0.3) is 0 Å². The molecule has 0 unspecified atom stereocenters. The summed E-state index contributed by atoms with van der Waals surface area (Å²) in [7, 11) is 3.74. The highest BCUT2D eigenvalue weighted by Gasteiger charge is 2.22. The van der Waals surface area contributed by atoms with Gasteiger partial charge in [-0.3, -0.25) is 0 Å². The molecule has 160 valence electrons. The summed E-state index contributed by atoms with van der Waals surface area (Å²) in [4.78, 5) is 16.2. The average Bonchev–Trinajstić information content (AvgIpc) is 3.39. The van der Waals surface area contributed by atoms with Crippen molar-refractivity contribution in [3.05, 3.63) is 76.1 Å². The number of aromatic nitrogens is 1. The molecule has 2 aromatic carbocycles. The van der Waals surface area contributed by atoms with Crippen molar-refractivity contribution >= 4 is 49.9 Å². The van der Waals surface area contributed by atoms with Gasteiger partial charge in [0.05, 0.1) is 23.7 Å². The molecule has 0 spiro atoms. The minimum Gasteiger partial charge on any atom is -0.383 e. The molecule has 4 aromatic rings. The van der Waals surface area contributed by atoms with Gasteiger partial charge in [-0.15, -0.1) is 11.3 Å². The van der Waals surface area contributed by atoms with Crippen molar-refractivity contribution < 1.29 is 9.53 Å². The first kappa shape index (κ1) is 21.6. The van der Waals surface area contributed by atoms with Crippen LogP contribution >= 0.6 is 27.3 Å². The van der Waals surface area contributed by atoms with Gasteiger partial charge in [0, 0.05) is 47.3 Å². The van der Waals surface area contributed by atoms with Crippen molar-refractivity contribution in [2.45, 2.75) is 6.54 Å². The lowest BCUT2D eigenvalue weighted by molar-refractivity contribution is 0.153. The van der Waals surface area contributed by atoms with E-state index in [1.54, 1.807) is 18.4 Å². The highest BCUT2D eigenvalue weighted by Crippen LogP contribution is 2.36. The minimum atomic E-state index is -0.149. The molecule has 0 atom stereocenters. The highest BCUT2D eigenvalue weighted by molar-refractivity contribution is 9.10. The Labute approximate surface area is 194 Å². The van der Waals surface area contributed by atoms with Gasteiger partial charge in [-0.1, -0.05) is 40.2 Å². The number of anilines is 1. The Hall–Kier alpha value is -2.61. The average molecular weight is 498 g/mol. The van der Waals surface area contributed by atoms with Crippen LogP contribution in [0.15, 0.2) is 70.5 Å². The number of methoxy groups -OCH3 is 1. The normalized spacial score (nSPS) is 11.1. The first-order chi connectivity index (χ1) is 15.1. The van der Waals surface area contributed by atoms with Gasteiger partial charge in [-0.2, -0.15) is 0 Å². The fourth-order valence-corrected chi connectivity index (χ4v) is 4.84. The lowest BCUT2D eigenvalue weighted by atomic mass is 10.1. The first-order valence-electron chi connectivity index (χ1n) is 9.99. The number of hydrogen-bond donors (Lipinski definition) is 1. The Kier molecular flexibility index (Phi) is 6.75. The largest absolute Gasteiger partial charge is 0.383 e. The number of ether oxygens (including phenoxy) is 1. The predicted molar refractivity (Wildman–Crippen MR) is 132 cm³/mol. The molecule has 0 aliphatic carbocycles. The Bertz CT molecular complexity index is 1170. The fourth-order valence-electron chi connectivity index (χ4n) is 3.74. The molecule has 0 radical (unpaired) electrons. The molecule has 0 aliphatic heterocycles. The van der Waals surface area contributed by atoms with E-state index in [1.807, 2.05) is 41.3 Å². The van der Waals surface area contributed by atoms with Crippen LogP contribution < -0.4 is 5.32 Å². The van der Waals surface area contributed by atoms with Crippen molar-refractivity contribution in [1.82, 2.24) is 9.47 Å². The molecule has 5 nitrogen and oxygen atoms in total. The van der Waals surface area contributed by atoms with Gasteiger partial charge in [0.1, 0.15) is 0 Å². The van der Waals surface area contributed by atoms with Crippen LogP contribution in [0, 0.1) is 0 Å². The minimum absolute atomic E-state index is 0.149. The number of nitrogens with zero attached hydrogens (tertiary/aromatic N) is 2. The summed E-state index contributed by atoms with van der Waals surface area (Å²) in [6.07, 6.45) is 0. The van der Waals surface area contributed by atoms with Crippen LogP contribution in [0.1, 0.15) is 5.56 Å². The number of amides is 2. The summed E-state index contributed by atoms with van der Waals surface area (Å²) >= 11 is 5.14. The number of hydrogen-bond acceptors (Lipinski definition) is 3. The molecule has 0 saturated heterocycles. The second-order valence-corrected chi connectivity index (χ2v) is 9.10. The van der Waals surface area contributed by atoms with Gasteiger partial charge in [0.15, 0.2) is 0 Å². The van der Waals surface area contributed by atoms with Gasteiger partial charge in [-0.05, 0) is 41.8 Å². The van der Waals surface area contributed by atoms with Gasteiger partial charge < -0.3 is 19.5 Å². The Morgan fingerprint density at radius 1 is 1.13 bits per heavy atom. The van der Waals surface area contributed by atoms with E-state index in [1.165, 1.54) is 4.88 Å². The maximum Gasteiger partial charge on any atom is 0.322 e. The Morgan fingerprint density at radius 2 is 1.90 bits per heavy atom. The molecule has 0 saturated carbocycles. The molecule has 4 rings (SSSR count). The van der Waals surface area contributed by atoms with Crippen LogP contribution in [0.25, 0.3) is 21.5 Å². The number of nitrogens with one attached hydrogen (secondary N) is 1. The summed E-state index contributed by atoms with van der Waals surface area (Å²) in [5.41, 5.74) is 4.20. The van der Waals surface area contributed by atoms with E-state index in [0.717, 1.165) is 32.3 Å². The van der Waals surface area contributed by atoms with Crippen LogP contribution in [-0.4, -0.2) is 35.8 Å². The highest BCUT2D eigenvalue weighted by atomic mass is 79.9. The van der Waals surface area contributed by atoms with Crippen molar-refractivity contribution in [1.29, 1.82) is 0 Å². The number of thiophene rings is 1. The molecule has 31 heavy (non-hydrogen) atoms. The summed E-state index contributed by atoms with van der Waals surface area (Å²) in [6.45, 7) is 1.44. The SMILES string of the molecule is COCCN(Cc1c(-c2cccs2)n(C)c2ccccc12)C(=O)Nc1ccc(Br)cc1. The molecular formula is C24H24BrN3O2S. The molecular weight excluding hydrogens is 474 g/mol. The molecule has 0 bridgehead atoms. The molecule has 1 N–H and O–H groups in total. The zero-order valence-electron chi connectivity index (χ0n) is 17.5. The lowest BCUT2D eigenvalue weighted by Crippen LogP contribution is -2.37. The number of rotatable bonds is 7. The standard InChI is InChI=1S/C24H24BrN3O2S/c1-27-21-7-4-3-6-19(21)20(23(27)22-8-5-15-31-22)16-28(13-14-30-2)24(29)26-18-11-9-17(25)10-12-18/h3-12,15H,13-14,16H2,1-2H3,(H,26,29). The van der Waals surface area contributed by atoms with Crippen LogP contribution in [0.5, 0.6) is 0 Å². The third kappa shape index (κ3) is 4.69. The quantitative estimate of drug-likeness (QED) is 0.323. The number of carbonyl (C=O) groups is 1. The zero-order chi connectivity index (χ0) is 21.8. The van der Waals surface area contributed by atoms with Crippen molar-refractivity contribution in [2.24, 2.45) is 7.05 Å². The van der Waals surface area contributed by atoms with Crippen LogP contribution in [0.2, 0.25) is 0 Å². The molecule has 7 heteroatoms. The Morgan fingerprint density at radius 3 is 2.61 bits per heavy atom. The molecule has 2 heterocycles. The summed E-state index contributed by atoms with van der Waals surface area (Å²) < 4.78 is 8.48. The summed E-state index contributed by atoms with van der Waals surface area (Å²) in [6, 6.07) is 20.0. The summed E-state index contributed by atoms with van der Waals surface area (Å²) in [5, 5.41) is 6.26. The van der Waals surface area contributed by atoms with Gasteiger partial charge >= 0.3 is 6.03 Å². The second kappa shape index (κ2) is 9.68. The number of halogens is 1. The maximum absolute atomic E-state index is 13.2. The number of urea groups is 1. The second-order valence-electron chi connectivity index (χ2n) is 7.23. The smallest absolute Gasteiger partial charge is 0.322 e.